The number of halogens is 1. The summed E-state index contributed by atoms with van der Waals surface area (Å²) >= 11 is 0. The van der Waals surface area contributed by atoms with Gasteiger partial charge >= 0.3 is 0 Å². The molecule has 0 radical (unpaired) electrons. The van der Waals surface area contributed by atoms with Crippen molar-refractivity contribution >= 4 is 0 Å². The Bertz CT molecular complexity index is 337. The third kappa shape index (κ3) is 25.0. The van der Waals surface area contributed by atoms with Gasteiger partial charge in [0.1, 0.15) is 6.67 Å². The van der Waals surface area contributed by atoms with Gasteiger partial charge in [-0.3, -0.25) is 0 Å². The molecule has 0 rings (SSSR count). The number of alkyl halides is 1. The molecule has 27 heavy (non-hydrogen) atoms. The number of hydrogen-bond acceptors (Lipinski definition) is 8. The average molecular weight is 396 g/mol. The second-order valence-electron chi connectivity index (χ2n) is 4.93. The predicted molar refractivity (Wildman–Crippen MR) is 95.7 cm³/mol. The third-order valence-corrected chi connectivity index (χ3v) is 2.85. The molecule has 0 saturated carbocycles. The zero-order valence-electron chi connectivity index (χ0n) is 15.9. The van der Waals surface area contributed by atoms with Crippen molar-refractivity contribution in [2.24, 2.45) is 5.11 Å². The van der Waals surface area contributed by atoms with E-state index in [1.807, 2.05) is 0 Å². The molecule has 0 unspecified atom stereocenters. The van der Waals surface area contributed by atoms with Crippen LogP contribution in [0.5, 0.6) is 0 Å². The van der Waals surface area contributed by atoms with Crippen LogP contribution in [0.25, 0.3) is 10.4 Å². The van der Waals surface area contributed by atoms with E-state index < -0.39 is 6.67 Å². The highest BCUT2D eigenvalue weighted by Crippen LogP contribution is 1.85. The molecule has 0 spiro atoms. The first-order chi connectivity index (χ1) is 13.4. The summed E-state index contributed by atoms with van der Waals surface area (Å²) in [6.07, 6.45) is 0. The Kier molecular flexibility index (Phi) is 24.0. The molecule has 0 amide bonds. The van der Waals surface area contributed by atoms with E-state index in [1.54, 1.807) is 0 Å². The van der Waals surface area contributed by atoms with E-state index >= 15 is 0 Å². The lowest BCUT2D eigenvalue weighted by molar-refractivity contribution is -0.0205. The summed E-state index contributed by atoms with van der Waals surface area (Å²) in [5.41, 5.74) is 8.07. The quantitative estimate of drug-likeness (QED) is 0.111. The van der Waals surface area contributed by atoms with E-state index in [2.05, 4.69) is 10.0 Å². The lowest BCUT2D eigenvalue weighted by Gasteiger charge is -2.08. The molecule has 0 heterocycles. The van der Waals surface area contributed by atoms with Gasteiger partial charge in [-0.2, -0.15) is 0 Å². The highest BCUT2D eigenvalue weighted by atomic mass is 18.2. The summed E-state index contributed by atoms with van der Waals surface area (Å²) in [5.74, 6) is 0. The van der Waals surface area contributed by atoms with E-state index in [1.165, 1.54) is 0 Å². The summed E-state index contributed by atoms with van der Waals surface area (Å²) in [4.78, 5) is 2.62. The normalized spacial score (nSPS) is 10.9. The lowest BCUT2D eigenvalue weighted by atomic mass is 10.6. The van der Waals surface area contributed by atoms with Crippen molar-refractivity contribution in [3.63, 3.8) is 0 Å². The van der Waals surface area contributed by atoms with Crippen molar-refractivity contribution in [2.75, 3.05) is 106 Å². The first kappa shape index (κ1) is 26.0. The lowest BCUT2D eigenvalue weighted by Crippen LogP contribution is -2.14. The Morgan fingerprint density at radius 1 is 0.519 bits per heavy atom. The van der Waals surface area contributed by atoms with Gasteiger partial charge in [-0.1, -0.05) is 5.11 Å². The van der Waals surface area contributed by atoms with Crippen molar-refractivity contribution in [1.82, 2.24) is 0 Å². The van der Waals surface area contributed by atoms with Crippen LogP contribution in [0.15, 0.2) is 5.11 Å². The molecule has 10 nitrogen and oxygen atoms in total. The van der Waals surface area contributed by atoms with Crippen LogP contribution in [0.4, 0.5) is 4.39 Å². The van der Waals surface area contributed by atoms with Crippen LogP contribution in [0.2, 0.25) is 0 Å². The number of hydrogen-bond donors (Lipinski definition) is 0. The van der Waals surface area contributed by atoms with Gasteiger partial charge in [-0.05, 0) is 5.53 Å². The molecule has 0 saturated heterocycles. The summed E-state index contributed by atoms with van der Waals surface area (Å²) in [7, 11) is 0. The van der Waals surface area contributed by atoms with Gasteiger partial charge in [0.15, 0.2) is 0 Å². The second kappa shape index (κ2) is 25.0. The smallest absolute Gasteiger partial charge is 0.113 e. The van der Waals surface area contributed by atoms with Gasteiger partial charge in [0.25, 0.3) is 0 Å². The number of azide groups is 1. The number of rotatable bonds is 23. The largest absolute Gasteiger partial charge is 0.379 e. The molecule has 0 aliphatic heterocycles. The zero-order chi connectivity index (χ0) is 19.7. The molecule has 0 aliphatic carbocycles. The fourth-order valence-corrected chi connectivity index (χ4v) is 1.63. The van der Waals surface area contributed by atoms with Crippen LogP contribution in [0.1, 0.15) is 0 Å². The Morgan fingerprint density at radius 2 is 0.815 bits per heavy atom. The van der Waals surface area contributed by atoms with Crippen molar-refractivity contribution in [1.29, 1.82) is 0 Å². The van der Waals surface area contributed by atoms with Crippen LogP contribution < -0.4 is 0 Å². The average Bonchev–Trinajstić information content (AvgIpc) is 2.68. The van der Waals surface area contributed by atoms with E-state index in [9.17, 15) is 4.39 Å². The third-order valence-electron chi connectivity index (χ3n) is 2.85. The fraction of sp³-hybridized carbons (Fsp3) is 1.00. The van der Waals surface area contributed by atoms with Crippen LogP contribution in [-0.4, -0.2) is 106 Å². The standard InChI is InChI=1S/C16H32FN3O7/c17-1-3-21-5-7-23-9-11-25-13-15-27-16-14-26-12-10-24-8-6-22-4-2-19-20-18/h1-16H2/i17-1. The van der Waals surface area contributed by atoms with E-state index in [-0.39, 0.29) is 6.61 Å². The summed E-state index contributed by atoms with van der Waals surface area (Å²) in [5, 5.41) is 3.35. The highest BCUT2D eigenvalue weighted by molar-refractivity contribution is 4.44. The Morgan fingerprint density at radius 3 is 1.11 bits per heavy atom. The van der Waals surface area contributed by atoms with Crippen LogP contribution in [-0.2, 0) is 33.2 Å². The van der Waals surface area contributed by atoms with Crippen molar-refractivity contribution in [2.45, 2.75) is 0 Å². The molecule has 11 heteroatoms. The molecule has 0 atom stereocenters. The molecule has 0 aromatic carbocycles. The molecular weight excluding hydrogens is 364 g/mol. The fourth-order valence-electron chi connectivity index (χ4n) is 1.63. The summed E-state index contributed by atoms with van der Waals surface area (Å²) in [6, 6.07) is 0. The first-order valence-electron chi connectivity index (χ1n) is 9.02. The SMILES string of the molecule is [N-]=[N+]=NCCOCCOCCOCCOCCOCCOCCOCC[18F]. The molecule has 0 aromatic rings. The maximum Gasteiger partial charge on any atom is 0.113 e. The van der Waals surface area contributed by atoms with Crippen LogP contribution in [0.3, 0.4) is 0 Å². The maximum atomic E-state index is 11.7. The van der Waals surface area contributed by atoms with Gasteiger partial charge in [0, 0.05) is 11.5 Å². The maximum absolute atomic E-state index is 11.7. The van der Waals surface area contributed by atoms with Crippen molar-refractivity contribution in [3.05, 3.63) is 10.4 Å². The van der Waals surface area contributed by atoms with Gasteiger partial charge in [-0.15, -0.1) is 0 Å². The predicted octanol–water partition coefficient (Wildman–Crippen LogP) is 1.38. The zero-order valence-corrected chi connectivity index (χ0v) is 15.9. The van der Waals surface area contributed by atoms with E-state index in [0.717, 1.165) is 0 Å². The van der Waals surface area contributed by atoms with E-state index in [0.29, 0.717) is 92.4 Å². The van der Waals surface area contributed by atoms with Crippen molar-refractivity contribution < 1.29 is 37.5 Å². The Balaban J connectivity index is 2.98. The first-order valence-corrected chi connectivity index (χ1v) is 9.02. The molecule has 0 bridgehead atoms. The minimum atomic E-state index is -0.473. The van der Waals surface area contributed by atoms with Gasteiger partial charge in [0.05, 0.1) is 92.5 Å². The molecule has 0 N–H and O–H groups in total. The monoisotopic (exact) mass is 396 g/mol. The summed E-state index contributed by atoms with van der Waals surface area (Å²) < 4.78 is 48.4. The number of ether oxygens (including phenoxy) is 7. The molecule has 0 aromatic heterocycles. The topological polar surface area (TPSA) is 113 Å². The second-order valence-corrected chi connectivity index (χ2v) is 4.93. The molecule has 160 valence electrons. The van der Waals surface area contributed by atoms with Crippen LogP contribution in [0, 0.1) is 0 Å². The van der Waals surface area contributed by atoms with Gasteiger partial charge < -0.3 is 33.2 Å². The van der Waals surface area contributed by atoms with Gasteiger partial charge in [0.2, 0.25) is 0 Å². The van der Waals surface area contributed by atoms with Gasteiger partial charge in [-0.25, -0.2) is 4.39 Å². The summed E-state index contributed by atoms with van der Waals surface area (Å²) in [6.45, 7) is 6.04. The Hall–Kier alpha value is -1.04. The molecular formula is C16H32FN3O7. The minimum absolute atomic E-state index is 0.115. The number of nitrogens with zero attached hydrogens (tertiary/aromatic N) is 3. The molecule has 0 fully saturated rings. The minimum Gasteiger partial charge on any atom is -0.379 e. The highest BCUT2D eigenvalue weighted by Gasteiger charge is 1.94. The molecule has 0 aliphatic rings. The van der Waals surface area contributed by atoms with Crippen molar-refractivity contribution in [3.8, 4) is 0 Å². The van der Waals surface area contributed by atoms with Crippen LogP contribution >= 0.6 is 0 Å². The Labute approximate surface area is 159 Å². The van der Waals surface area contributed by atoms with E-state index in [4.69, 9.17) is 38.7 Å².